The van der Waals surface area contributed by atoms with Crippen molar-refractivity contribution in [2.45, 2.75) is 19.8 Å². The Kier molecular flexibility index (Phi) is 4.03. The third-order valence-corrected chi connectivity index (χ3v) is 2.51. The predicted molar refractivity (Wildman–Crippen MR) is 55.9 cm³/mol. The molecule has 4 heteroatoms. The zero-order valence-corrected chi connectivity index (χ0v) is 8.27. The average molecular weight is 194 g/mol. The molecule has 0 aromatic carbocycles. The van der Waals surface area contributed by atoms with Crippen LogP contribution in [-0.2, 0) is 0 Å². The lowest BCUT2D eigenvalue weighted by Crippen LogP contribution is -2.26. The Balaban J connectivity index is 2.65. The van der Waals surface area contributed by atoms with Gasteiger partial charge in [-0.15, -0.1) is 11.3 Å². The van der Waals surface area contributed by atoms with Crippen molar-refractivity contribution < 1.29 is 10.0 Å². The number of unbranched alkanes of at least 4 members (excludes halogenated alkanes) is 1. The van der Waals surface area contributed by atoms with E-state index in [-0.39, 0.29) is 0 Å². The van der Waals surface area contributed by atoms with Gasteiger partial charge in [-0.05, 0) is 12.5 Å². The highest BCUT2D eigenvalue weighted by atomic mass is 32.1. The molecule has 0 atom stereocenters. The summed E-state index contributed by atoms with van der Waals surface area (Å²) < 4.78 is 0.542. The molecule has 0 aliphatic rings. The molecule has 0 bridgehead atoms. The summed E-state index contributed by atoms with van der Waals surface area (Å²) in [5.41, 5.74) is 0. The van der Waals surface area contributed by atoms with Gasteiger partial charge >= 0.3 is 7.12 Å². The Morgan fingerprint density at radius 2 is 2.23 bits per heavy atom. The molecule has 13 heavy (non-hydrogen) atoms. The van der Waals surface area contributed by atoms with Crippen LogP contribution in [0.15, 0.2) is 12.1 Å². The van der Waals surface area contributed by atoms with Crippen LogP contribution in [0.5, 0.6) is 0 Å². The molecule has 1 aromatic rings. The number of rotatable bonds is 2. The van der Waals surface area contributed by atoms with Crippen LogP contribution in [0.1, 0.15) is 24.6 Å². The first kappa shape index (κ1) is 10.3. The molecule has 0 aliphatic carbocycles. The molecule has 1 aromatic heterocycles. The van der Waals surface area contributed by atoms with Gasteiger partial charge in [-0.3, -0.25) is 0 Å². The van der Waals surface area contributed by atoms with E-state index in [4.69, 9.17) is 10.0 Å². The van der Waals surface area contributed by atoms with E-state index in [1.807, 2.05) is 6.07 Å². The first-order valence-electron chi connectivity index (χ1n) is 4.18. The molecular formula is C9H11BO2S. The summed E-state index contributed by atoms with van der Waals surface area (Å²) in [5.74, 6) is 5.97. The summed E-state index contributed by atoms with van der Waals surface area (Å²) in [6.45, 7) is 2.08. The molecular weight excluding hydrogens is 183 g/mol. The molecule has 1 rings (SSSR count). The van der Waals surface area contributed by atoms with Crippen molar-refractivity contribution in [2.75, 3.05) is 0 Å². The Labute approximate surface area is 82.4 Å². The van der Waals surface area contributed by atoms with E-state index in [2.05, 4.69) is 18.8 Å². The van der Waals surface area contributed by atoms with Gasteiger partial charge in [-0.25, -0.2) is 0 Å². The second-order valence-corrected chi connectivity index (χ2v) is 3.74. The van der Waals surface area contributed by atoms with Gasteiger partial charge in [0.25, 0.3) is 0 Å². The Morgan fingerprint density at radius 3 is 2.77 bits per heavy atom. The summed E-state index contributed by atoms with van der Waals surface area (Å²) in [6, 6.07) is 3.49. The molecule has 68 valence electrons. The van der Waals surface area contributed by atoms with Gasteiger partial charge in [0.15, 0.2) is 0 Å². The standard InChI is InChI=1S/C9H11BO2S/c1-2-3-4-5-8-6-7-9(13-8)10(11)12/h6-7,11-12H,2-3H2,1H3. The van der Waals surface area contributed by atoms with Crippen LogP contribution >= 0.6 is 11.3 Å². The van der Waals surface area contributed by atoms with Crippen molar-refractivity contribution in [2.24, 2.45) is 0 Å². The molecule has 0 spiro atoms. The third kappa shape index (κ3) is 3.23. The maximum atomic E-state index is 8.83. The van der Waals surface area contributed by atoms with Gasteiger partial charge in [0.1, 0.15) is 0 Å². The van der Waals surface area contributed by atoms with Crippen molar-refractivity contribution in [3.63, 3.8) is 0 Å². The largest absolute Gasteiger partial charge is 0.499 e. The van der Waals surface area contributed by atoms with Crippen LogP contribution in [0.4, 0.5) is 0 Å². The quantitative estimate of drug-likeness (QED) is 0.534. The number of thiophene rings is 1. The van der Waals surface area contributed by atoms with Gasteiger partial charge in [-0.1, -0.05) is 24.8 Å². The summed E-state index contributed by atoms with van der Waals surface area (Å²) in [5, 5.41) is 17.7. The molecule has 2 nitrogen and oxygen atoms in total. The van der Waals surface area contributed by atoms with E-state index in [0.717, 1.165) is 17.7 Å². The number of hydrogen-bond acceptors (Lipinski definition) is 3. The van der Waals surface area contributed by atoms with Gasteiger partial charge in [-0.2, -0.15) is 0 Å². The van der Waals surface area contributed by atoms with E-state index in [0.29, 0.717) is 4.78 Å². The highest BCUT2D eigenvalue weighted by Gasteiger charge is 2.12. The minimum atomic E-state index is -1.37. The zero-order chi connectivity index (χ0) is 9.68. The third-order valence-electron chi connectivity index (χ3n) is 1.47. The summed E-state index contributed by atoms with van der Waals surface area (Å²) >= 11 is 1.32. The maximum Gasteiger partial charge on any atom is 0.499 e. The second-order valence-electron chi connectivity index (χ2n) is 2.63. The van der Waals surface area contributed by atoms with Crippen LogP contribution in [0.25, 0.3) is 0 Å². The molecule has 0 fully saturated rings. The minimum Gasteiger partial charge on any atom is -0.423 e. The Hall–Kier alpha value is -0.755. The van der Waals surface area contributed by atoms with Gasteiger partial charge in [0.2, 0.25) is 0 Å². The molecule has 0 unspecified atom stereocenters. The van der Waals surface area contributed by atoms with E-state index in [9.17, 15) is 0 Å². The first-order valence-corrected chi connectivity index (χ1v) is 5.00. The van der Waals surface area contributed by atoms with Crippen LogP contribution < -0.4 is 4.78 Å². The molecule has 2 N–H and O–H groups in total. The monoisotopic (exact) mass is 194 g/mol. The van der Waals surface area contributed by atoms with Gasteiger partial charge < -0.3 is 10.0 Å². The lowest BCUT2D eigenvalue weighted by molar-refractivity contribution is 0.427. The molecule has 0 radical (unpaired) electrons. The molecule has 0 saturated carbocycles. The minimum absolute atomic E-state index is 0.542. The lowest BCUT2D eigenvalue weighted by Gasteiger charge is -1.88. The zero-order valence-electron chi connectivity index (χ0n) is 7.45. The molecule has 0 amide bonds. The Bertz CT molecular complexity index is 322. The van der Waals surface area contributed by atoms with E-state index in [1.165, 1.54) is 11.3 Å². The normalized spacial score (nSPS) is 9.15. The Morgan fingerprint density at radius 1 is 1.46 bits per heavy atom. The fourth-order valence-corrected chi connectivity index (χ4v) is 1.59. The highest BCUT2D eigenvalue weighted by molar-refractivity contribution is 7.22. The second kappa shape index (κ2) is 5.08. The SMILES string of the molecule is CCCC#Cc1ccc(B(O)O)s1. The van der Waals surface area contributed by atoms with E-state index in [1.54, 1.807) is 6.07 Å². The highest BCUT2D eigenvalue weighted by Crippen LogP contribution is 2.04. The molecule has 0 saturated heterocycles. The van der Waals surface area contributed by atoms with Crippen molar-refractivity contribution in [1.29, 1.82) is 0 Å². The van der Waals surface area contributed by atoms with Gasteiger partial charge in [0.05, 0.1) is 4.88 Å². The van der Waals surface area contributed by atoms with Crippen molar-refractivity contribution in [3.8, 4) is 11.8 Å². The maximum absolute atomic E-state index is 8.83. The summed E-state index contributed by atoms with van der Waals surface area (Å²) in [6.07, 6.45) is 1.93. The molecule has 1 heterocycles. The van der Waals surface area contributed by atoms with E-state index < -0.39 is 7.12 Å². The first-order chi connectivity index (χ1) is 6.24. The topological polar surface area (TPSA) is 40.5 Å². The van der Waals surface area contributed by atoms with Crippen LogP contribution in [0, 0.1) is 11.8 Å². The van der Waals surface area contributed by atoms with E-state index >= 15 is 0 Å². The van der Waals surface area contributed by atoms with Crippen molar-refractivity contribution in [3.05, 3.63) is 17.0 Å². The smallest absolute Gasteiger partial charge is 0.423 e. The fourth-order valence-electron chi connectivity index (χ4n) is 0.833. The van der Waals surface area contributed by atoms with Crippen molar-refractivity contribution >= 4 is 23.2 Å². The van der Waals surface area contributed by atoms with Crippen molar-refractivity contribution in [1.82, 2.24) is 0 Å². The average Bonchev–Trinajstić information content (AvgIpc) is 2.53. The van der Waals surface area contributed by atoms with Crippen LogP contribution in [0.2, 0.25) is 0 Å². The summed E-state index contributed by atoms with van der Waals surface area (Å²) in [4.78, 5) is 0.886. The van der Waals surface area contributed by atoms with Gasteiger partial charge in [0, 0.05) is 11.2 Å². The fraction of sp³-hybridized carbons (Fsp3) is 0.333. The van der Waals surface area contributed by atoms with Crippen LogP contribution in [-0.4, -0.2) is 17.2 Å². The van der Waals surface area contributed by atoms with Crippen LogP contribution in [0.3, 0.4) is 0 Å². The predicted octanol–water partition coefficient (Wildman–Crippen LogP) is 0.579. The lowest BCUT2D eigenvalue weighted by atomic mass is 9.90. The summed E-state index contributed by atoms with van der Waals surface area (Å²) in [7, 11) is -1.37. The molecule has 0 aliphatic heterocycles. The number of hydrogen-bond donors (Lipinski definition) is 2.